The van der Waals surface area contributed by atoms with E-state index in [2.05, 4.69) is 24.1 Å². The van der Waals surface area contributed by atoms with Crippen molar-refractivity contribution in [2.45, 2.75) is 52.0 Å². The zero-order valence-corrected chi connectivity index (χ0v) is 10.4. The molecule has 0 aromatic heterocycles. The first-order chi connectivity index (χ1) is 7.18. The van der Waals surface area contributed by atoms with Gasteiger partial charge in [0.25, 0.3) is 0 Å². The van der Waals surface area contributed by atoms with Crippen molar-refractivity contribution in [2.24, 2.45) is 5.41 Å². The van der Waals surface area contributed by atoms with Crippen LogP contribution >= 0.6 is 0 Å². The first-order valence-electron chi connectivity index (χ1n) is 6.64. The highest BCUT2D eigenvalue weighted by atomic mass is 15.2. The molecule has 1 unspecified atom stereocenters. The van der Waals surface area contributed by atoms with E-state index in [-0.39, 0.29) is 0 Å². The molecule has 1 N–H and O–H groups in total. The fourth-order valence-corrected chi connectivity index (χ4v) is 3.11. The highest BCUT2D eigenvalue weighted by Gasteiger charge is 2.33. The molecule has 88 valence electrons. The molecule has 0 aromatic rings. The lowest BCUT2D eigenvalue weighted by Gasteiger charge is -2.28. The summed E-state index contributed by atoms with van der Waals surface area (Å²) in [6.45, 7) is 9.92. The molecule has 15 heavy (non-hydrogen) atoms. The minimum Gasteiger partial charge on any atom is -0.312 e. The Morgan fingerprint density at radius 2 is 1.93 bits per heavy atom. The van der Waals surface area contributed by atoms with E-state index >= 15 is 0 Å². The van der Waals surface area contributed by atoms with Gasteiger partial charge in [-0.15, -0.1) is 0 Å². The van der Waals surface area contributed by atoms with Gasteiger partial charge in [-0.1, -0.05) is 20.3 Å². The Balaban J connectivity index is 1.64. The van der Waals surface area contributed by atoms with Crippen LogP contribution in [-0.2, 0) is 0 Å². The van der Waals surface area contributed by atoms with Crippen molar-refractivity contribution in [3.8, 4) is 0 Å². The number of nitrogens with one attached hydrogen (secondary N) is 1. The molecule has 2 fully saturated rings. The monoisotopic (exact) mass is 210 g/mol. The topological polar surface area (TPSA) is 15.3 Å². The van der Waals surface area contributed by atoms with Crippen LogP contribution in [0.4, 0.5) is 0 Å². The van der Waals surface area contributed by atoms with Crippen LogP contribution in [0.2, 0.25) is 0 Å². The third-order valence-corrected chi connectivity index (χ3v) is 4.27. The van der Waals surface area contributed by atoms with Crippen LogP contribution in [0.15, 0.2) is 0 Å². The summed E-state index contributed by atoms with van der Waals surface area (Å²) in [5.41, 5.74) is 0.533. The molecule has 2 aliphatic rings. The van der Waals surface area contributed by atoms with E-state index in [1.54, 1.807) is 0 Å². The predicted octanol–water partition coefficient (Wildman–Crippen LogP) is 2.25. The van der Waals surface area contributed by atoms with Crippen LogP contribution in [0.5, 0.6) is 0 Å². The Morgan fingerprint density at radius 3 is 2.53 bits per heavy atom. The van der Waals surface area contributed by atoms with Gasteiger partial charge < -0.3 is 10.2 Å². The fraction of sp³-hybridized carbons (Fsp3) is 1.00. The van der Waals surface area contributed by atoms with E-state index in [0.29, 0.717) is 5.41 Å². The van der Waals surface area contributed by atoms with E-state index in [0.717, 1.165) is 6.04 Å². The third kappa shape index (κ3) is 2.94. The molecule has 0 amide bonds. The molecule has 2 heteroatoms. The molecule has 1 aliphatic heterocycles. The molecule has 1 saturated carbocycles. The largest absolute Gasteiger partial charge is 0.312 e. The van der Waals surface area contributed by atoms with Gasteiger partial charge in [0.2, 0.25) is 0 Å². The highest BCUT2D eigenvalue weighted by molar-refractivity contribution is 4.90. The normalized spacial score (nSPS) is 31.2. The van der Waals surface area contributed by atoms with Gasteiger partial charge in [0.05, 0.1) is 0 Å². The van der Waals surface area contributed by atoms with Crippen molar-refractivity contribution in [2.75, 3.05) is 26.2 Å². The summed E-state index contributed by atoms with van der Waals surface area (Å²) in [5, 5.41) is 3.76. The first kappa shape index (κ1) is 11.4. The van der Waals surface area contributed by atoms with Crippen molar-refractivity contribution in [1.82, 2.24) is 10.2 Å². The molecule has 2 rings (SSSR count). The molecule has 0 bridgehead atoms. The van der Waals surface area contributed by atoms with Crippen molar-refractivity contribution in [1.29, 1.82) is 0 Å². The summed E-state index contributed by atoms with van der Waals surface area (Å²) in [6, 6.07) is 0.764. The van der Waals surface area contributed by atoms with E-state index < -0.39 is 0 Å². The average Bonchev–Trinajstić information content (AvgIpc) is 2.77. The van der Waals surface area contributed by atoms with E-state index in [1.165, 1.54) is 58.3 Å². The molecular formula is C13H26N2. The molecule has 0 aromatic carbocycles. The molecule has 1 atom stereocenters. The lowest BCUT2D eigenvalue weighted by atomic mass is 9.87. The maximum absolute atomic E-state index is 3.76. The first-order valence-corrected chi connectivity index (χ1v) is 6.64. The molecule has 0 spiro atoms. The third-order valence-electron chi connectivity index (χ3n) is 4.27. The second kappa shape index (κ2) is 4.84. The zero-order chi connectivity index (χ0) is 10.7. The van der Waals surface area contributed by atoms with E-state index in [9.17, 15) is 0 Å². The highest BCUT2D eigenvalue weighted by Crippen LogP contribution is 2.36. The van der Waals surface area contributed by atoms with Gasteiger partial charge in [0.15, 0.2) is 0 Å². The Morgan fingerprint density at radius 1 is 1.20 bits per heavy atom. The van der Waals surface area contributed by atoms with Crippen molar-refractivity contribution in [3.63, 3.8) is 0 Å². The second-order valence-electron chi connectivity index (χ2n) is 5.94. The smallest absolute Gasteiger partial charge is 0.0119 e. The van der Waals surface area contributed by atoms with Gasteiger partial charge in [-0.3, -0.25) is 0 Å². The van der Waals surface area contributed by atoms with Gasteiger partial charge in [0.1, 0.15) is 0 Å². The summed E-state index contributed by atoms with van der Waals surface area (Å²) in [6.07, 6.45) is 7.01. The number of rotatable bonds is 4. The van der Waals surface area contributed by atoms with Gasteiger partial charge in [-0.2, -0.15) is 0 Å². The van der Waals surface area contributed by atoms with Crippen LogP contribution < -0.4 is 5.32 Å². The fourth-order valence-electron chi connectivity index (χ4n) is 3.11. The minimum absolute atomic E-state index is 0.533. The van der Waals surface area contributed by atoms with Crippen LogP contribution in [0.25, 0.3) is 0 Å². The molecule has 1 aliphatic carbocycles. The lowest BCUT2D eigenvalue weighted by molar-refractivity contribution is 0.263. The summed E-state index contributed by atoms with van der Waals surface area (Å²) >= 11 is 0. The number of nitrogens with zero attached hydrogens (tertiary/aromatic N) is 1. The summed E-state index contributed by atoms with van der Waals surface area (Å²) < 4.78 is 0. The number of hydrogen-bond donors (Lipinski definition) is 1. The van der Waals surface area contributed by atoms with Gasteiger partial charge >= 0.3 is 0 Å². The molecule has 1 heterocycles. The SMILES string of the molecule is CC1(C)CCCC1NCCN1CCCC1. The summed E-state index contributed by atoms with van der Waals surface area (Å²) in [7, 11) is 0. The standard InChI is InChI=1S/C13H26N2/c1-13(2)7-5-6-12(13)14-8-11-15-9-3-4-10-15/h12,14H,3-11H2,1-2H3. The molecule has 1 saturated heterocycles. The van der Waals surface area contributed by atoms with Crippen molar-refractivity contribution < 1.29 is 0 Å². The molecule has 0 radical (unpaired) electrons. The van der Waals surface area contributed by atoms with Crippen molar-refractivity contribution in [3.05, 3.63) is 0 Å². The Kier molecular flexibility index (Phi) is 3.68. The van der Waals surface area contributed by atoms with Gasteiger partial charge in [0, 0.05) is 19.1 Å². The maximum atomic E-state index is 3.76. The summed E-state index contributed by atoms with van der Waals surface area (Å²) in [4.78, 5) is 2.59. The Bertz CT molecular complexity index is 195. The van der Waals surface area contributed by atoms with Crippen LogP contribution in [0, 0.1) is 5.41 Å². The zero-order valence-electron chi connectivity index (χ0n) is 10.4. The van der Waals surface area contributed by atoms with E-state index in [4.69, 9.17) is 0 Å². The quantitative estimate of drug-likeness (QED) is 0.765. The number of hydrogen-bond acceptors (Lipinski definition) is 2. The lowest BCUT2D eigenvalue weighted by Crippen LogP contribution is -2.41. The van der Waals surface area contributed by atoms with Crippen LogP contribution in [-0.4, -0.2) is 37.1 Å². The summed E-state index contributed by atoms with van der Waals surface area (Å²) in [5.74, 6) is 0. The van der Waals surface area contributed by atoms with Crippen LogP contribution in [0.3, 0.4) is 0 Å². The van der Waals surface area contributed by atoms with Crippen molar-refractivity contribution >= 4 is 0 Å². The molecule has 2 nitrogen and oxygen atoms in total. The average molecular weight is 210 g/mol. The Labute approximate surface area is 94.4 Å². The number of likely N-dealkylation sites (tertiary alicyclic amines) is 1. The van der Waals surface area contributed by atoms with Crippen LogP contribution in [0.1, 0.15) is 46.0 Å². The minimum atomic E-state index is 0.533. The Hall–Kier alpha value is -0.0800. The maximum Gasteiger partial charge on any atom is 0.0119 e. The predicted molar refractivity (Wildman–Crippen MR) is 65.1 cm³/mol. The van der Waals surface area contributed by atoms with E-state index in [1.807, 2.05) is 0 Å². The van der Waals surface area contributed by atoms with Gasteiger partial charge in [-0.25, -0.2) is 0 Å². The molecular weight excluding hydrogens is 184 g/mol. The second-order valence-corrected chi connectivity index (χ2v) is 5.94. The van der Waals surface area contributed by atoms with Gasteiger partial charge in [-0.05, 0) is 44.2 Å².